The number of amides is 2. The molecule has 0 radical (unpaired) electrons. The number of halogens is 3. The average molecular weight is 439 g/mol. The van der Waals surface area contributed by atoms with Gasteiger partial charge < -0.3 is 10.1 Å². The molecule has 2 N–H and O–H groups in total. The Morgan fingerprint density at radius 2 is 1.66 bits per heavy atom. The number of nitrogens with zero attached hydrogens (tertiary/aromatic N) is 1. The minimum Gasteiger partial charge on any atom is -0.490 e. The normalized spacial score (nSPS) is 20.4. The van der Waals surface area contributed by atoms with E-state index in [2.05, 4.69) is 15.6 Å². The van der Waals surface area contributed by atoms with Crippen LogP contribution in [0, 0.1) is 23.4 Å². The van der Waals surface area contributed by atoms with Gasteiger partial charge in [0.25, 0.3) is 0 Å². The molecule has 1 fully saturated rings. The minimum absolute atomic E-state index is 0.0981. The summed E-state index contributed by atoms with van der Waals surface area (Å²) in [5, 5.41) is 5.29. The molecule has 0 bridgehead atoms. The van der Waals surface area contributed by atoms with E-state index >= 15 is 0 Å². The molecule has 2 heterocycles. The van der Waals surface area contributed by atoms with Gasteiger partial charge in [-0.05, 0) is 48.5 Å². The summed E-state index contributed by atoms with van der Waals surface area (Å²) in [5.41, 5.74) is 0.740. The molecule has 5 rings (SSSR count). The first kappa shape index (κ1) is 20.0. The maximum atomic E-state index is 14.2. The molecule has 2 amide bonds. The predicted molar refractivity (Wildman–Crippen MR) is 108 cm³/mol. The van der Waals surface area contributed by atoms with Crippen LogP contribution in [-0.2, 0) is 0 Å². The molecule has 1 saturated carbocycles. The Morgan fingerprint density at radius 1 is 0.938 bits per heavy atom. The van der Waals surface area contributed by atoms with Crippen molar-refractivity contribution in [3.05, 3.63) is 88.9 Å². The van der Waals surface area contributed by atoms with Gasteiger partial charge in [0.2, 0.25) is 0 Å². The zero-order chi connectivity index (χ0) is 22.4. The summed E-state index contributed by atoms with van der Waals surface area (Å²) in [6.07, 6.45) is 1.31. The number of ketones is 1. The fraction of sp³-hybridized carbons (Fsp3) is 0.174. The number of nitrogens with one attached hydrogen (secondary N) is 2. The number of pyridine rings is 1. The van der Waals surface area contributed by atoms with Crippen molar-refractivity contribution in [1.29, 1.82) is 0 Å². The van der Waals surface area contributed by atoms with Crippen LogP contribution >= 0.6 is 0 Å². The molecule has 1 aliphatic heterocycles. The van der Waals surface area contributed by atoms with Crippen LogP contribution in [0.2, 0.25) is 0 Å². The first-order valence-electron chi connectivity index (χ1n) is 9.87. The number of fused-ring (bicyclic) bond motifs is 3. The second kappa shape index (κ2) is 7.67. The number of hydrogen-bond donors (Lipinski definition) is 2. The highest BCUT2D eigenvalue weighted by atomic mass is 19.1. The summed E-state index contributed by atoms with van der Waals surface area (Å²) in [7, 11) is 0. The molecule has 0 saturated heterocycles. The van der Waals surface area contributed by atoms with Gasteiger partial charge in [0.05, 0.1) is 6.61 Å². The number of rotatable bonds is 4. The van der Waals surface area contributed by atoms with E-state index in [0.717, 1.165) is 12.1 Å². The van der Waals surface area contributed by atoms with Crippen LogP contribution in [0.3, 0.4) is 0 Å². The smallest absolute Gasteiger partial charge is 0.320 e. The van der Waals surface area contributed by atoms with Crippen molar-refractivity contribution in [3.8, 4) is 5.75 Å². The van der Waals surface area contributed by atoms with E-state index in [-0.39, 0.29) is 46.9 Å². The van der Waals surface area contributed by atoms with Gasteiger partial charge in [0.1, 0.15) is 17.5 Å². The summed E-state index contributed by atoms with van der Waals surface area (Å²) < 4.78 is 46.5. The number of aromatic nitrogens is 1. The molecular weight excluding hydrogens is 423 g/mol. The van der Waals surface area contributed by atoms with Crippen molar-refractivity contribution in [2.45, 2.75) is 12.0 Å². The highest BCUT2D eigenvalue weighted by Crippen LogP contribution is 2.55. The second-order valence-corrected chi connectivity index (χ2v) is 7.67. The number of ether oxygens (including phenoxy) is 1. The molecule has 1 aromatic heterocycles. The summed E-state index contributed by atoms with van der Waals surface area (Å²) >= 11 is 0. The van der Waals surface area contributed by atoms with Crippen molar-refractivity contribution in [3.63, 3.8) is 0 Å². The molecule has 3 atom stereocenters. The lowest BCUT2D eigenvalue weighted by Gasteiger charge is -2.16. The minimum atomic E-state index is -0.630. The number of anilines is 1. The van der Waals surface area contributed by atoms with E-state index in [4.69, 9.17) is 4.74 Å². The Hall–Kier alpha value is -3.88. The van der Waals surface area contributed by atoms with Crippen LogP contribution in [0.5, 0.6) is 5.75 Å². The van der Waals surface area contributed by atoms with E-state index in [9.17, 15) is 22.8 Å². The molecule has 0 unspecified atom stereocenters. The number of benzene rings is 2. The average Bonchev–Trinajstić information content (AvgIpc) is 3.49. The van der Waals surface area contributed by atoms with E-state index in [1.54, 1.807) is 0 Å². The predicted octanol–water partition coefficient (Wildman–Crippen LogP) is 4.03. The molecule has 32 heavy (non-hydrogen) atoms. The Morgan fingerprint density at radius 3 is 2.38 bits per heavy atom. The summed E-state index contributed by atoms with van der Waals surface area (Å²) in [6, 6.07) is 9.21. The van der Waals surface area contributed by atoms with Gasteiger partial charge in [0.15, 0.2) is 17.3 Å². The van der Waals surface area contributed by atoms with E-state index in [1.165, 1.54) is 42.6 Å². The van der Waals surface area contributed by atoms with Crippen LogP contribution < -0.4 is 15.4 Å². The zero-order valence-corrected chi connectivity index (χ0v) is 16.4. The molecule has 2 aromatic carbocycles. The van der Waals surface area contributed by atoms with Gasteiger partial charge >= 0.3 is 6.03 Å². The second-order valence-electron chi connectivity index (χ2n) is 7.67. The Bertz CT molecular complexity index is 1220. The van der Waals surface area contributed by atoms with Crippen LogP contribution in [0.25, 0.3) is 0 Å². The third-order valence-electron chi connectivity index (χ3n) is 5.69. The standard InChI is InChI=1S/C23H16F3N3O3/c24-13-4-1-11(2-5-13)21(30)12-3-8-17(27-9-12)28-23(31)29-20-14-10-32-22-16(26)7-6-15(25)19(22)18(14)20/h1-9,14,18,20H,10H2,(H2,27,28,29,31)/t14-,18+,20+/m0/s1. The Labute approximate surface area is 180 Å². The fourth-order valence-corrected chi connectivity index (χ4v) is 4.03. The lowest BCUT2D eigenvalue weighted by molar-refractivity contribution is 0.103. The van der Waals surface area contributed by atoms with Crippen LogP contribution in [-0.4, -0.2) is 29.4 Å². The SMILES string of the molecule is O=C(Nc1ccc(C(=O)c2ccc(F)cc2)cn1)N[C@@H]1[C@H]2COc3c(F)ccc(F)c3[C@@H]21. The van der Waals surface area contributed by atoms with Crippen molar-refractivity contribution < 1.29 is 27.5 Å². The van der Waals surface area contributed by atoms with E-state index in [1.807, 2.05) is 0 Å². The lowest BCUT2D eigenvalue weighted by Crippen LogP contribution is -2.32. The van der Waals surface area contributed by atoms with Gasteiger partial charge in [0, 0.05) is 40.8 Å². The summed E-state index contributed by atoms with van der Waals surface area (Å²) in [6.45, 7) is 0.182. The molecule has 6 nitrogen and oxygen atoms in total. The van der Waals surface area contributed by atoms with Crippen molar-refractivity contribution in [1.82, 2.24) is 10.3 Å². The Kier molecular flexibility index (Phi) is 4.80. The maximum Gasteiger partial charge on any atom is 0.320 e. The van der Waals surface area contributed by atoms with Crippen molar-refractivity contribution in [2.24, 2.45) is 5.92 Å². The van der Waals surface area contributed by atoms with Crippen LogP contribution in [0.15, 0.2) is 54.7 Å². The van der Waals surface area contributed by atoms with Gasteiger partial charge in [-0.2, -0.15) is 0 Å². The van der Waals surface area contributed by atoms with E-state index < -0.39 is 29.5 Å². The van der Waals surface area contributed by atoms with E-state index in [0.29, 0.717) is 5.56 Å². The largest absolute Gasteiger partial charge is 0.490 e. The number of hydrogen-bond acceptors (Lipinski definition) is 4. The number of carbonyl (C=O) groups excluding carboxylic acids is 2. The van der Waals surface area contributed by atoms with Crippen molar-refractivity contribution >= 4 is 17.6 Å². The molecular formula is C23H16F3N3O3. The molecule has 2 aliphatic rings. The number of urea groups is 1. The zero-order valence-electron chi connectivity index (χ0n) is 16.4. The molecule has 9 heteroatoms. The topological polar surface area (TPSA) is 80.3 Å². The highest BCUT2D eigenvalue weighted by molar-refractivity contribution is 6.08. The van der Waals surface area contributed by atoms with Gasteiger partial charge in [-0.15, -0.1) is 0 Å². The van der Waals surface area contributed by atoms with Gasteiger partial charge in [-0.1, -0.05) is 0 Å². The molecule has 162 valence electrons. The summed E-state index contributed by atoms with van der Waals surface area (Å²) in [4.78, 5) is 28.8. The van der Waals surface area contributed by atoms with Gasteiger partial charge in [-0.3, -0.25) is 10.1 Å². The molecule has 1 aliphatic carbocycles. The molecule has 3 aromatic rings. The third kappa shape index (κ3) is 3.55. The molecule has 0 spiro atoms. The highest BCUT2D eigenvalue weighted by Gasteiger charge is 2.57. The lowest BCUT2D eigenvalue weighted by atomic mass is 10.0. The summed E-state index contributed by atoms with van der Waals surface area (Å²) in [5.74, 6) is -2.36. The van der Waals surface area contributed by atoms with Gasteiger partial charge in [-0.25, -0.2) is 22.9 Å². The van der Waals surface area contributed by atoms with Crippen molar-refractivity contribution in [2.75, 3.05) is 11.9 Å². The van der Waals surface area contributed by atoms with Crippen LogP contribution in [0.1, 0.15) is 27.4 Å². The number of carbonyl (C=O) groups is 2. The maximum absolute atomic E-state index is 14.2. The fourth-order valence-electron chi connectivity index (χ4n) is 4.03. The third-order valence-corrected chi connectivity index (χ3v) is 5.69. The van der Waals surface area contributed by atoms with Crippen LogP contribution in [0.4, 0.5) is 23.8 Å². The quantitative estimate of drug-likeness (QED) is 0.602. The first-order valence-corrected chi connectivity index (χ1v) is 9.87. The monoisotopic (exact) mass is 439 g/mol. The Balaban J connectivity index is 1.22. The first-order chi connectivity index (χ1) is 15.4.